The summed E-state index contributed by atoms with van der Waals surface area (Å²) < 4.78 is 6.16. The van der Waals surface area contributed by atoms with E-state index in [1.165, 1.54) is 105 Å². The third kappa shape index (κ3) is 6.12. The summed E-state index contributed by atoms with van der Waals surface area (Å²) >= 11 is 0. The van der Waals surface area contributed by atoms with E-state index in [0.29, 0.717) is 6.04 Å². The molecule has 212 valence electrons. The summed E-state index contributed by atoms with van der Waals surface area (Å²) in [6.45, 7) is 2.33. The van der Waals surface area contributed by atoms with Crippen molar-refractivity contribution in [3.8, 4) is 5.75 Å². The molecule has 1 aliphatic heterocycles. The van der Waals surface area contributed by atoms with Crippen LogP contribution in [0.1, 0.15) is 77.0 Å². The highest BCUT2D eigenvalue weighted by molar-refractivity contribution is 7.80. The molecule has 3 aliphatic rings. The minimum absolute atomic E-state index is 0.544. The zero-order valence-corrected chi connectivity index (χ0v) is 25.3. The average Bonchev–Trinajstić information content (AvgIpc) is 3.49. The van der Waals surface area contributed by atoms with Crippen molar-refractivity contribution in [2.45, 2.75) is 95.2 Å². The molecular weight excluding hydrogens is 507 g/mol. The normalized spacial score (nSPS) is 20.9. The number of nitrogens with zero attached hydrogens (tertiary/aromatic N) is 2. The summed E-state index contributed by atoms with van der Waals surface area (Å²) in [5, 5.41) is 4.24. The van der Waals surface area contributed by atoms with Crippen LogP contribution in [0.5, 0.6) is 5.75 Å². The van der Waals surface area contributed by atoms with E-state index in [2.05, 4.69) is 88.7 Å². The molecule has 0 radical (unpaired) electrons. The van der Waals surface area contributed by atoms with Gasteiger partial charge in [0.2, 0.25) is 0 Å². The maximum absolute atomic E-state index is 6.16. The molecule has 0 unspecified atom stereocenters. The van der Waals surface area contributed by atoms with Crippen molar-refractivity contribution in [1.29, 1.82) is 0 Å². The van der Waals surface area contributed by atoms with E-state index in [9.17, 15) is 0 Å². The van der Waals surface area contributed by atoms with Gasteiger partial charge in [0, 0.05) is 36.5 Å². The van der Waals surface area contributed by atoms with Crippen molar-refractivity contribution in [3.05, 3.63) is 78.9 Å². The fraction of sp³-hybridized carbons (Fsp3) is 0.500. The standard InChI is InChI=1S/C36H47N2OP/c1-39-34-25-14-26-35(40(32-21-10-4-11-22-32)33-23-12-5-13-24-33)36(34)37-27-15-20-31(37)28-38(29-16-6-2-7-17-29)30-18-8-3-9-19-30/h4-5,10-14,21-26,29-31H,2-3,6-9,15-20,27-28H2,1H3/t31-/m0/s1. The van der Waals surface area contributed by atoms with Crippen LogP contribution in [0.4, 0.5) is 5.69 Å². The van der Waals surface area contributed by atoms with Crippen molar-refractivity contribution in [2.24, 2.45) is 0 Å². The molecule has 2 aliphatic carbocycles. The smallest absolute Gasteiger partial charge is 0.142 e. The number of anilines is 1. The molecule has 1 saturated heterocycles. The lowest BCUT2D eigenvalue weighted by molar-refractivity contribution is 0.0748. The Labute approximate surface area is 243 Å². The Morgan fingerprint density at radius 1 is 0.675 bits per heavy atom. The largest absolute Gasteiger partial charge is 0.495 e. The monoisotopic (exact) mass is 554 g/mol. The molecule has 3 aromatic rings. The average molecular weight is 555 g/mol. The molecule has 0 spiro atoms. The molecule has 3 fully saturated rings. The number of hydrogen-bond donors (Lipinski definition) is 0. The Kier molecular flexibility index (Phi) is 9.41. The van der Waals surface area contributed by atoms with Gasteiger partial charge in [0.05, 0.1) is 12.8 Å². The minimum Gasteiger partial charge on any atom is -0.495 e. The lowest BCUT2D eigenvalue weighted by Crippen LogP contribution is -2.51. The van der Waals surface area contributed by atoms with Crippen molar-refractivity contribution >= 4 is 29.5 Å². The van der Waals surface area contributed by atoms with Crippen LogP contribution < -0.4 is 25.6 Å². The quantitative estimate of drug-likeness (QED) is 0.257. The summed E-state index contributed by atoms with van der Waals surface area (Å²) in [5.41, 5.74) is 1.35. The van der Waals surface area contributed by atoms with Crippen LogP contribution in [0.25, 0.3) is 0 Å². The molecule has 6 rings (SSSR count). The van der Waals surface area contributed by atoms with Crippen LogP contribution in [-0.2, 0) is 0 Å². The molecule has 0 aromatic heterocycles. The van der Waals surface area contributed by atoms with Gasteiger partial charge in [-0.15, -0.1) is 0 Å². The number of para-hydroxylation sites is 1. The van der Waals surface area contributed by atoms with Crippen LogP contribution >= 0.6 is 7.92 Å². The highest BCUT2D eigenvalue weighted by Crippen LogP contribution is 2.43. The second-order valence-corrected chi connectivity index (χ2v) is 14.3. The predicted octanol–water partition coefficient (Wildman–Crippen LogP) is 7.39. The Hall–Kier alpha value is -2.35. The highest BCUT2D eigenvalue weighted by Gasteiger charge is 2.36. The predicted molar refractivity (Wildman–Crippen MR) is 173 cm³/mol. The first-order valence-electron chi connectivity index (χ1n) is 15.9. The zero-order chi connectivity index (χ0) is 27.1. The molecule has 3 aromatic carbocycles. The Morgan fingerprint density at radius 3 is 1.80 bits per heavy atom. The fourth-order valence-corrected chi connectivity index (χ4v) is 10.2. The topological polar surface area (TPSA) is 15.7 Å². The number of benzene rings is 3. The summed E-state index contributed by atoms with van der Waals surface area (Å²) in [4.78, 5) is 5.79. The summed E-state index contributed by atoms with van der Waals surface area (Å²) in [6.07, 6.45) is 16.7. The van der Waals surface area contributed by atoms with Crippen LogP contribution in [0, 0.1) is 0 Å². The van der Waals surface area contributed by atoms with Crippen molar-refractivity contribution < 1.29 is 4.74 Å². The molecule has 2 saturated carbocycles. The Morgan fingerprint density at radius 2 is 1.25 bits per heavy atom. The van der Waals surface area contributed by atoms with Crippen molar-refractivity contribution in [2.75, 3.05) is 25.1 Å². The highest BCUT2D eigenvalue weighted by atomic mass is 31.1. The molecule has 4 heteroatoms. The maximum atomic E-state index is 6.16. The maximum Gasteiger partial charge on any atom is 0.142 e. The second-order valence-electron chi connectivity index (χ2n) is 12.1. The molecule has 40 heavy (non-hydrogen) atoms. The number of methoxy groups -OCH3 is 1. The SMILES string of the molecule is COc1cccc(P(c2ccccc2)c2ccccc2)c1N1CCC[C@H]1CN(C1CCCCC1)C1CCCCC1. The molecule has 0 N–H and O–H groups in total. The van der Waals surface area contributed by atoms with Gasteiger partial charge in [0.1, 0.15) is 5.75 Å². The first kappa shape index (κ1) is 27.8. The van der Waals surface area contributed by atoms with Crippen LogP contribution in [0.2, 0.25) is 0 Å². The van der Waals surface area contributed by atoms with Gasteiger partial charge in [0.15, 0.2) is 0 Å². The van der Waals surface area contributed by atoms with Gasteiger partial charge in [0.25, 0.3) is 0 Å². The van der Waals surface area contributed by atoms with Gasteiger partial charge in [-0.05, 0) is 63.1 Å². The van der Waals surface area contributed by atoms with E-state index in [0.717, 1.165) is 24.4 Å². The van der Waals surface area contributed by atoms with Crippen molar-refractivity contribution in [3.63, 3.8) is 0 Å². The van der Waals surface area contributed by atoms with E-state index >= 15 is 0 Å². The van der Waals surface area contributed by atoms with Crippen LogP contribution in [0.15, 0.2) is 78.9 Å². The first-order chi connectivity index (χ1) is 19.8. The van der Waals surface area contributed by atoms with E-state index in [1.54, 1.807) is 0 Å². The minimum atomic E-state index is -0.704. The summed E-state index contributed by atoms with van der Waals surface area (Å²) in [6, 6.07) is 31.2. The van der Waals surface area contributed by atoms with E-state index in [-0.39, 0.29) is 0 Å². The fourth-order valence-electron chi connectivity index (χ4n) is 7.71. The van der Waals surface area contributed by atoms with Gasteiger partial charge < -0.3 is 9.64 Å². The third-order valence-electron chi connectivity index (χ3n) is 9.64. The molecular formula is C36H47N2OP. The Bertz CT molecular complexity index is 1130. The van der Waals surface area contributed by atoms with Gasteiger partial charge in [-0.1, -0.05) is 111 Å². The Balaban J connectivity index is 1.38. The number of hydrogen-bond acceptors (Lipinski definition) is 3. The molecule has 1 atom stereocenters. The molecule has 0 amide bonds. The van der Waals surface area contributed by atoms with Gasteiger partial charge in [-0.25, -0.2) is 0 Å². The van der Waals surface area contributed by atoms with Gasteiger partial charge in [-0.3, -0.25) is 4.90 Å². The van der Waals surface area contributed by atoms with E-state index in [4.69, 9.17) is 4.74 Å². The van der Waals surface area contributed by atoms with E-state index in [1.807, 2.05) is 7.11 Å². The number of ether oxygens (including phenoxy) is 1. The lowest BCUT2D eigenvalue weighted by Gasteiger charge is -2.44. The number of rotatable bonds is 9. The lowest BCUT2D eigenvalue weighted by atomic mass is 9.88. The first-order valence-corrected chi connectivity index (χ1v) is 17.3. The molecule has 3 nitrogen and oxygen atoms in total. The van der Waals surface area contributed by atoms with Gasteiger partial charge in [-0.2, -0.15) is 0 Å². The van der Waals surface area contributed by atoms with Crippen LogP contribution in [0.3, 0.4) is 0 Å². The zero-order valence-electron chi connectivity index (χ0n) is 24.4. The van der Waals surface area contributed by atoms with E-state index < -0.39 is 7.92 Å². The third-order valence-corrected chi connectivity index (χ3v) is 12.1. The summed E-state index contributed by atoms with van der Waals surface area (Å²) in [7, 11) is 1.15. The second kappa shape index (κ2) is 13.5. The van der Waals surface area contributed by atoms with Crippen LogP contribution in [-0.4, -0.2) is 43.2 Å². The molecule has 1 heterocycles. The summed E-state index contributed by atoms with van der Waals surface area (Å²) in [5.74, 6) is 1.03. The van der Waals surface area contributed by atoms with Crippen molar-refractivity contribution in [1.82, 2.24) is 4.90 Å². The molecule has 0 bridgehead atoms. The van der Waals surface area contributed by atoms with Gasteiger partial charge >= 0.3 is 0 Å².